The first-order valence-corrected chi connectivity index (χ1v) is 6.31. The minimum absolute atomic E-state index is 0.0293. The topological polar surface area (TPSA) is 16.1 Å². The van der Waals surface area contributed by atoms with Gasteiger partial charge in [0.2, 0.25) is 0 Å². The molecule has 0 saturated heterocycles. The molecule has 0 N–H and O–H groups in total. The molecule has 0 aliphatic rings. The molecule has 0 atom stereocenters. The van der Waals surface area contributed by atoms with Gasteiger partial charge in [0.25, 0.3) is 0 Å². The third kappa shape index (κ3) is 3.01. The number of rotatable bonds is 2. The summed E-state index contributed by atoms with van der Waals surface area (Å²) in [6.07, 6.45) is -4.68. The Morgan fingerprint density at radius 2 is 1.70 bits per heavy atom. The number of anilines is 2. The zero-order valence-electron chi connectivity index (χ0n) is 9.80. The summed E-state index contributed by atoms with van der Waals surface area (Å²) >= 11 is 6.06. The highest BCUT2D eigenvalue weighted by molar-refractivity contribution is 7.19. The van der Waals surface area contributed by atoms with Crippen LogP contribution in [0.1, 0.15) is 5.69 Å². The van der Waals surface area contributed by atoms with Gasteiger partial charge in [-0.05, 0) is 12.1 Å². The lowest BCUT2D eigenvalue weighted by Gasteiger charge is -2.15. The lowest BCUT2D eigenvalue weighted by Crippen LogP contribution is -2.11. The van der Waals surface area contributed by atoms with Gasteiger partial charge < -0.3 is 4.90 Å². The van der Waals surface area contributed by atoms with E-state index in [-0.39, 0.29) is 10.8 Å². The Balaban J connectivity index is 2.41. The molecule has 0 unspecified atom stereocenters. The van der Waals surface area contributed by atoms with Crippen molar-refractivity contribution in [1.29, 1.82) is 0 Å². The van der Waals surface area contributed by atoms with Gasteiger partial charge in [-0.25, -0.2) is 13.8 Å². The van der Waals surface area contributed by atoms with E-state index in [1.807, 2.05) is 0 Å². The number of benzene rings is 1. The highest BCUT2D eigenvalue weighted by atomic mass is 35.5. The molecule has 0 spiro atoms. The SMILES string of the molecule is CN(c1cc(F)cc(F)c1)c1nc(C(F)(F)F)c(Cl)s1. The maximum atomic E-state index is 13.1. The van der Waals surface area contributed by atoms with Crippen molar-refractivity contribution in [3.63, 3.8) is 0 Å². The average Bonchev–Trinajstić information content (AvgIpc) is 2.68. The van der Waals surface area contributed by atoms with Gasteiger partial charge in [0.05, 0.1) is 0 Å². The molecule has 0 amide bonds. The number of hydrogen-bond acceptors (Lipinski definition) is 3. The van der Waals surface area contributed by atoms with Crippen molar-refractivity contribution in [2.45, 2.75) is 6.18 Å². The summed E-state index contributed by atoms with van der Waals surface area (Å²) in [5.74, 6) is -1.68. The lowest BCUT2D eigenvalue weighted by atomic mass is 10.3. The van der Waals surface area contributed by atoms with E-state index in [1.165, 1.54) is 7.05 Å². The number of nitrogens with zero attached hydrogens (tertiary/aromatic N) is 2. The molecule has 1 aromatic carbocycles. The molecular weight excluding hydrogens is 323 g/mol. The van der Waals surface area contributed by atoms with Crippen molar-refractivity contribution in [2.75, 3.05) is 11.9 Å². The van der Waals surface area contributed by atoms with Crippen LogP contribution in [0.4, 0.5) is 32.8 Å². The summed E-state index contributed by atoms with van der Waals surface area (Å²) in [6.45, 7) is 0. The van der Waals surface area contributed by atoms with E-state index in [2.05, 4.69) is 4.98 Å². The molecule has 0 radical (unpaired) electrons. The van der Waals surface area contributed by atoms with Gasteiger partial charge in [0, 0.05) is 18.8 Å². The standard InChI is InChI=1S/C11H6ClF5N2S/c1-19(7-3-5(13)2-6(14)4-7)10-18-8(9(12)20-10)11(15,16)17/h2-4H,1H3. The van der Waals surface area contributed by atoms with Gasteiger partial charge in [-0.1, -0.05) is 22.9 Å². The Kier molecular flexibility index (Phi) is 3.88. The van der Waals surface area contributed by atoms with E-state index < -0.39 is 27.8 Å². The number of hydrogen-bond donors (Lipinski definition) is 0. The van der Waals surface area contributed by atoms with Gasteiger partial charge >= 0.3 is 6.18 Å². The molecule has 2 rings (SSSR count). The second-order valence-corrected chi connectivity index (χ2v) is 5.38. The van der Waals surface area contributed by atoms with Crippen molar-refractivity contribution in [3.8, 4) is 0 Å². The van der Waals surface area contributed by atoms with Crippen molar-refractivity contribution in [3.05, 3.63) is 39.9 Å². The van der Waals surface area contributed by atoms with Crippen LogP contribution in [0.15, 0.2) is 18.2 Å². The van der Waals surface area contributed by atoms with Crippen molar-refractivity contribution in [1.82, 2.24) is 4.98 Å². The zero-order chi connectivity index (χ0) is 15.1. The van der Waals surface area contributed by atoms with Crippen molar-refractivity contribution in [2.24, 2.45) is 0 Å². The predicted octanol–water partition coefficient (Wildman–Crippen LogP) is 4.86. The number of alkyl halides is 3. The molecule has 0 saturated carbocycles. The minimum Gasteiger partial charge on any atom is -0.321 e. The number of thiazole rings is 1. The van der Waals surface area contributed by atoms with Crippen LogP contribution in [0.25, 0.3) is 0 Å². The summed E-state index contributed by atoms with van der Waals surface area (Å²) in [6, 6.07) is 2.62. The summed E-state index contributed by atoms with van der Waals surface area (Å²) in [5, 5.41) is -0.118. The molecule has 2 nitrogen and oxygen atoms in total. The first kappa shape index (κ1) is 15.0. The molecule has 20 heavy (non-hydrogen) atoms. The molecule has 9 heteroatoms. The number of aromatic nitrogens is 1. The Labute approximate surface area is 119 Å². The Morgan fingerprint density at radius 1 is 1.15 bits per heavy atom. The van der Waals surface area contributed by atoms with Crippen molar-refractivity contribution >= 4 is 33.8 Å². The van der Waals surface area contributed by atoms with Gasteiger partial charge in [0.15, 0.2) is 10.8 Å². The Bertz CT molecular complexity index is 620. The van der Waals surface area contributed by atoms with E-state index in [1.54, 1.807) is 0 Å². The Hall–Kier alpha value is -1.41. The van der Waals surface area contributed by atoms with E-state index in [4.69, 9.17) is 11.6 Å². The van der Waals surface area contributed by atoms with Crippen LogP contribution in [-0.2, 0) is 6.18 Å². The van der Waals surface area contributed by atoms with Gasteiger partial charge in [-0.15, -0.1) is 0 Å². The smallest absolute Gasteiger partial charge is 0.321 e. The lowest BCUT2D eigenvalue weighted by molar-refractivity contribution is -0.140. The molecule has 0 bridgehead atoms. The molecule has 1 heterocycles. The highest BCUT2D eigenvalue weighted by Crippen LogP contribution is 2.41. The summed E-state index contributed by atoms with van der Waals surface area (Å²) in [4.78, 5) is 4.48. The fourth-order valence-corrected chi connectivity index (χ4v) is 2.61. The normalized spacial score (nSPS) is 11.8. The van der Waals surface area contributed by atoms with E-state index in [0.29, 0.717) is 17.4 Å². The van der Waals surface area contributed by atoms with E-state index >= 15 is 0 Å². The highest BCUT2D eigenvalue weighted by Gasteiger charge is 2.37. The number of halogens is 6. The first-order chi connectivity index (χ1) is 9.18. The molecule has 0 aliphatic heterocycles. The second kappa shape index (κ2) is 5.17. The van der Waals surface area contributed by atoms with Crippen LogP contribution in [0, 0.1) is 11.6 Å². The van der Waals surface area contributed by atoms with Crippen LogP contribution in [0.5, 0.6) is 0 Å². The first-order valence-electron chi connectivity index (χ1n) is 5.12. The predicted molar refractivity (Wildman–Crippen MR) is 66.5 cm³/mol. The van der Waals surface area contributed by atoms with Gasteiger partial charge in [0.1, 0.15) is 16.0 Å². The Morgan fingerprint density at radius 3 is 2.15 bits per heavy atom. The van der Waals surface area contributed by atoms with Gasteiger partial charge in [-0.2, -0.15) is 13.2 Å². The molecular formula is C11H6ClF5N2S. The third-order valence-electron chi connectivity index (χ3n) is 2.36. The second-order valence-electron chi connectivity index (χ2n) is 3.80. The van der Waals surface area contributed by atoms with E-state index in [0.717, 1.165) is 17.0 Å². The fraction of sp³-hybridized carbons (Fsp3) is 0.182. The summed E-state index contributed by atoms with van der Waals surface area (Å²) < 4.78 is 63.4. The molecule has 2 aromatic rings. The van der Waals surface area contributed by atoms with E-state index in [9.17, 15) is 22.0 Å². The largest absolute Gasteiger partial charge is 0.435 e. The maximum Gasteiger partial charge on any atom is 0.435 e. The quantitative estimate of drug-likeness (QED) is 0.732. The molecule has 1 aromatic heterocycles. The summed E-state index contributed by atoms with van der Waals surface area (Å²) in [7, 11) is 1.34. The minimum atomic E-state index is -4.68. The van der Waals surface area contributed by atoms with Crippen LogP contribution >= 0.6 is 22.9 Å². The monoisotopic (exact) mass is 328 g/mol. The van der Waals surface area contributed by atoms with Gasteiger partial charge in [-0.3, -0.25) is 0 Å². The average molecular weight is 329 g/mol. The zero-order valence-corrected chi connectivity index (χ0v) is 11.4. The molecule has 0 aliphatic carbocycles. The van der Waals surface area contributed by atoms with Crippen LogP contribution in [0.2, 0.25) is 4.34 Å². The third-order valence-corrected chi connectivity index (χ3v) is 3.70. The summed E-state index contributed by atoms with van der Waals surface area (Å²) in [5.41, 5.74) is -1.19. The van der Waals surface area contributed by atoms with Crippen molar-refractivity contribution < 1.29 is 22.0 Å². The van der Waals surface area contributed by atoms with Crippen LogP contribution in [-0.4, -0.2) is 12.0 Å². The van der Waals surface area contributed by atoms with Crippen LogP contribution in [0.3, 0.4) is 0 Å². The fourth-order valence-electron chi connectivity index (χ4n) is 1.45. The molecule has 0 fully saturated rings. The maximum absolute atomic E-state index is 13.1. The van der Waals surface area contributed by atoms with Crippen LogP contribution < -0.4 is 4.90 Å². The molecule has 108 valence electrons.